The van der Waals surface area contributed by atoms with Gasteiger partial charge in [-0.15, -0.1) is 0 Å². The third-order valence-electron chi connectivity index (χ3n) is 4.45. The lowest BCUT2D eigenvalue weighted by Gasteiger charge is -2.24. The maximum absolute atomic E-state index is 2.53. The minimum Gasteiger partial charge on any atom is -0.0622 e. The lowest BCUT2D eigenvalue weighted by molar-refractivity contribution is 0.406. The molecule has 0 saturated heterocycles. The van der Waals surface area contributed by atoms with Gasteiger partial charge in [0.2, 0.25) is 0 Å². The summed E-state index contributed by atoms with van der Waals surface area (Å²) in [6, 6.07) is 0. The van der Waals surface area contributed by atoms with Crippen LogP contribution in [0.15, 0.2) is 22.8 Å². The highest BCUT2D eigenvalue weighted by molar-refractivity contribution is 5.46. The Kier molecular flexibility index (Phi) is 2.80. The Morgan fingerprint density at radius 2 is 1.88 bits per heavy atom. The minimum absolute atomic E-state index is 0.353. The molecule has 0 fully saturated rings. The van der Waals surface area contributed by atoms with Crippen LogP contribution in [0, 0.1) is 23.2 Å². The summed E-state index contributed by atoms with van der Waals surface area (Å²) in [5.74, 6) is 2.44. The second kappa shape index (κ2) is 3.75. The molecule has 0 N–H and O–H groups in total. The first-order valence-electron chi connectivity index (χ1n) is 6.74. The molecule has 2 aliphatic carbocycles. The van der Waals surface area contributed by atoms with Crippen molar-refractivity contribution in [2.24, 2.45) is 23.2 Å². The van der Waals surface area contributed by atoms with E-state index in [2.05, 4.69) is 47.6 Å². The molecule has 0 amide bonds. The molecule has 0 spiro atoms. The molecule has 0 heteroatoms. The van der Waals surface area contributed by atoms with Crippen LogP contribution in [-0.4, -0.2) is 0 Å². The van der Waals surface area contributed by atoms with E-state index in [0.29, 0.717) is 5.41 Å². The monoisotopic (exact) mass is 218 g/mol. The number of rotatable bonds is 1. The second-order valence-corrected chi connectivity index (χ2v) is 7.06. The average Bonchev–Trinajstić information content (AvgIpc) is 2.65. The Bertz CT molecular complexity index is 347. The van der Waals surface area contributed by atoms with Crippen molar-refractivity contribution < 1.29 is 0 Å². The van der Waals surface area contributed by atoms with Gasteiger partial charge < -0.3 is 0 Å². The van der Waals surface area contributed by atoms with Crippen LogP contribution in [0.4, 0.5) is 0 Å². The van der Waals surface area contributed by atoms with E-state index < -0.39 is 0 Å². The molecule has 0 saturated carbocycles. The molecule has 0 nitrogen and oxygen atoms in total. The molecule has 0 radical (unpaired) electrons. The third-order valence-corrected chi connectivity index (χ3v) is 4.45. The van der Waals surface area contributed by atoms with E-state index in [1.165, 1.54) is 12.8 Å². The molecular formula is C16H26. The van der Waals surface area contributed by atoms with Gasteiger partial charge in [-0.05, 0) is 41.6 Å². The number of hydrogen-bond acceptors (Lipinski definition) is 0. The largest absolute Gasteiger partial charge is 0.0622 e. The van der Waals surface area contributed by atoms with Crippen molar-refractivity contribution in [1.29, 1.82) is 0 Å². The van der Waals surface area contributed by atoms with Gasteiger partial charge in [0.25, 0.3) is 0 Å². The van der Waals surface area contributed by atoms with Crippen molar-refractivity contribution in [3.63, 3.8) is 0 Å². The molecule has 0 aliphatic heterocycles. The quantitative estimate of drug-likeness (QED) is 0.583. The fourth-order valence-corrected chi connectivity index (χ4v) is 3.21. The third kappa shape index (κ3) is 1.87. The van der Waals surface area contributed by atoms with Gasteiger partial charge >= 0.3 is 0 Å². The zero-order chi connectivity index (χ0) is 12.1. The van der Waals surface area contributed by atoms with E-state index in [1.807, 2.05) is 0 Å². The van der Waals surface area contributed by atoms with Gasteiger partial charge in [0.15, 0.2) is 0 Å². The molecule has 90 valence electrons. The maximum atomic E-state index is 2.53. The van der Waals surface area contributed by atoms with E-state index in [0.717, 1.165) is 17.8 Å². The second-order valence-electron chi connectivity index (χ2n) is 7.06. The molecule has 0 heterocycles. The fraction of sp³-hybridized carbons (Fsp3) is 0.750. The Hall–Kier alpha value is -0.520. The van der Waals surface area contributed by atoms with Crippen LogP contribution in [-0.2, 0) is 0 Å². The zero-order valence-electron chi connectivity index (χ0n) is 11.7. The molecular weight excluding hydrogens is 192 g/mol. The maximum Gasteiger partial charge on any atom is -0.00914 e. The standard InChI is InChI=1S/C16H26/c1-10(2)13-7-11(3)14-8-12(9-15(13)14)16(4,5)6/h9-11,13H,7-8H2,1-6H3. The van der Waals surface area contributed by atoms with Gasteiger partial charge in [-0.2, -0.15) is 0 Å². The summed E-state index contributed by atoms with van der Waals surface area (Å²) in [4.78, 5) is 0. The van der Waals surface area contributed by atoms with Crippen molar-refractivity contribution in [3.05, 3.63) is 22.8 Å². The van der Waals surface area contributed by atoms with Gasteiger partial charge in [-0.3, -0.25) is 0 Å². The predicted octanol–water partition coefficient (Wildman–Crippen LogP) is 4.97. The number of allylic oxidation sites excluding steroid dienone is 4. The summed E-state index contributed by atoms with van der Waals surface area (Å²) in [5, 5.41) is 0. The summed E-state index contributed by atoms with van der Waals surface area (Å²) < 4.78 is 0. The topological polar surface area (TPSA) is 0 Å². The van der Waals surface area contributed by atoms with E-state index in [1.54, 1.807) is 16.7 Å². The summed E-state index contributed by atoms with van der Waals surface area (Å²) in [7, 11) is 0. The molecule has 0 aromatic rings. The van der Waals surface area contributed by atoms with Crippen LogP contribution >= 0.6 is 0 Å². The molecule has 0 aromatic heterocycles. The Morgan fingerprint density at radius 3 is 2.38 bits per heavy atom. The normalized spacial score (nSPS) is 30.1. The zero-order valence-corrected chi connectivity index (χ0v) is 11.7. The van der Waals surface area contributed by atoms with Crippen LogP contribution < -0.4 is 0 Å². The highest BCUT2D eigenvalue weighted by atomic mass is 14.4. The van der Waals surface area contributed by atoms with Crippen LogP contribution in [0.25, 0.3) is 0 Å². The van der Waals surface area contributed by atoms with Crippen molar-refractivity contribution in [3.8, 4) is 0 Å². The van der Waals surface area contributed by atoms with Crippen molar-refractivity contribution in [1.82, 2.24) is 0 Å². The molecule has 2 aliphatic rings. The molecule has 2 unspecified atom stereocenters. The SMILES string of the molecule is CC1CC(C(C)C)C2=C1CC(C(C)(C)C)=C2. The van der Waals surface area contributed by atoms with E-state index in [9.17, 15) is 0 Å². The lowest BCUT2D eigenvalue weighted by Crippen LogP contribution is -2.12. The first-order valence-corrected chi connectivity index (χ1v) is 6.74. The Morgan fingerprint density at radius 1 is 1.25 bits per heavy atom. The molecule has 0 aromatic carbocycles. The highest BCUT2D eigenvalue weighted by Crippen LogP contribution is 2.50. The fourth-order valence-electron chi connectivity index (χ4n) is 3.21. The van der Waals surface area contributed by atoms with Crippen LogP contribution in [0.5, 0.6) is 0 Å². The molecule has 2 atom stereocenters. The van der Waals surface area contributed by atoms with Gasteiger partial charge in [0.05, 0.1) is 0 Å². The van der Waals surface area contributed by atoms with Gasteiger partial charge in [-0.1, -0.05) is 58.8 Å². The van der Waals surface area contributed by atoms with Crippen LogP contribution in [0.1, 0.15) is 54.4 Å². The highest BCUT2D eigenvalue weighted by Gasteiger charge is 2.36. The van der Waals surface area contributed by atoms with Crippen molar-refractivity contribution in [2.45, 2.75) is 54.4 Å². The van der Waals surface area contributed by atoms with Crippen LogP contribution in [0.3, 0.4) is 0 Å². The molecule has 2 rings (SSSR count). The van der Waals surface area contributed by atoms with Crippen molar-refractivity contribution in [2.75, 3.05) is 0 Å². The van der Waals surface area contributed by atoms with E-state index in [4.69, 9.17) is 0 Å². The van der Waals surface area contributed by atoms with Gasteiger partial charge in [-0.25, -0.2) is 0 Å². The first kappa shape index (κ1) is 12.0. The Balaban J connectivity index is 2.27. The minimum atomic E-state index is 0.353. The van der Waals surface area contributed by atoms with E-state index >= 15 is 0 Å². The summed E-state index contributed by atoms with van der Waals surface area (Å²) in [6.45, 7) is 14.2. The molecule has 16 heavy (non-hydrogen) atoms. The smallest absolute Gasteiger partial charge is 0.00914 e. The number of hydrogen-bond donors (Lipinski definition) is 0. The summed E-state index contributed by atoms with van der Waals surface area (Å²) >= 11 is 0. The lowest BCUT2D eigenvalue weighted by atomic mass is 9.81. The van der Waals surface area contributed by atoms with Crippen molar-refractivity contribution >= 4 is 0 Å². The summed E-state index contributed by atoms with van der Waals surface area (Å²) in [6.07, 6.45) is 5.17. The van der Waals surface area contributed by atoms with E-state index in [-0.39, 0.29) is 0 Å². The summed E-state index contributed by atoms with van der Waals surface area (Å²) in [5.41, 5.74) is 5.46. The van der Waals surface area contributed by atoms with Gasteiger partial charge in [0.1, 0.15) is 0 Å². The molecule has 0 bridgehead atoms. The first-order chi connectivity index (χ1) is 7.30. The average molecular weight is 218 g/mol. The van der Waals surface area contributed by atoms with Crippen LogP contribution in [0.2, 0.25) is 0 Å². The van der Waals surface area contributed by atoms with Gasteiger partial charge in [0, 0.05) is 0 Å². The predicted molar refractivity (Wildman–Crippen MR) is 71.3 cm³/mol. The Labute approximate surface area is 101 Å².